The van der Waals surface area contributed by atoms with Gasteiger partial charge in [0.25, 0.3) is 0 Å². The summed E-state index contributed by atoms with van der Waals surface area (Å²) in [4.78, 5) is 25.7. The van der Waals surface area contributed by atoms with Gasteiger partial charge < -0.3 is 15.0 Å². The van der Waals surface area contributed by atoms with Gasteiger partial charge in [0, 0.05) is 62.8 Å². The van der Waals surface area contributed by atoms with Gasteiger partial charge >= 0.3 is 6.09 Å². The highest BCUT2D eigenvalue weighted by Gasteiger charge is 2.25. The van der Waals surface area contributed by atoms with Gasteiger partial charge in [0.15, 0.2) is 0 Å². The normalized spacial score (nSPS) is 14.7. The lowest BCUT2D eigenvalue weighted by atomic mass is 10.1. The van der Waals surface area contributed by atoms with Crippen molar-refractivity contribution in [3.05, 3.63) is 42.3 Å². The van der Waals surface area contributed by atoms with Crippen molar-refractivity contribution in [1.82, 2.24) is 39.7 Å². The number of nitrogens with zero attached hydrogens (tertiary/aromatic N) is 8. The summed E-state index contributed by atoms with van der Waals surface area (Å²) in [5.41, 5.74) is 4.81. The Morgan fingerprint density at radius 1 is 1.08 bits per heavy atom. The van der Waals surface area contributed by atoms with Gasteiger partial charge in [-0.2, -0.15) is 5.10 Å². The number of anilines is 2. The fourth-order valence-electron chi connectivity index (χ4n) is 4.14. The van der Waals surface area contributed by atoms with Crippen LogP contribution in [0, 0.1) is 0 Å². The van der Waals surface area contributed by atoms with Crippen LogP contribution >= 0.6 is 11.3 Å². The molecular formula is C25H31N9O2S. The Labute approximate surface area is 219 Å². The van der Waals surface area contributed by atoms with Gasteiger partial charge in [-0.3, -0.25) is 14.6 Å². The molecule has 12 heteroatoms. The molecule has 0 spiro atoms. The number of hydrogen-bond donors (Lipinski definition) is 1. The van der Waals surface area contributed by atoms with Crippen LogP contribution in [0.2, 0.25) is 0 Å². The first-order chi connectivity index (χ1) is 17.8. The van der Waals surface area contributed by atoms with E-state index >= 15 is 0 Å². The highest BCUT2D eigenvalue weighted by molar-refractivity contribution is 7.13. The van der Waals surface area contributed by atoms with E-state index in [1.807, 2.05) is 62.2 Å². The molecule has 4 aromatic heterocycles. The number of aromatic nitrogens is 6. The van der Waals surface area contributed by atoms with Crippen molar-refractivity contribution in [2.45, 2.75) is 39.3 Å². The first kappa shape index (κ1) is 25.0. The molecule has 1 fully saturated rings. The van der Waals surface area contributed by atoms with Gasteiger partial charge in [-0.25, -0.2) is 9.78 Å². The van der Waals surface area contributed by atoms with E-state index in [9.17, 15) is 4.79 Å². The third-order valence-electron chi connectivity index (χ3n) is 5.98. The average Bonchev–Trinajstić information content (AvgIpc) is 3.55. The van der Waals surface area contributed by atoms with Crippen LogP contribution in [0.4, 0.5) is 15.7 Å². The number of ether oxygens (including phenoxy) is 1. The van der Waals surface area contributed by atoms with Crippen LogP contribution in [0.1, 0.15) is 27.2 Å². The summed E-state index contributed by atoms with van der Waals surface area (Å²) in [7, 11) is 0. The van der Waals surface area contributed by atoms with Crippen molar-refractivity contribution < 1.29 is 9.53 Å². The lowest BCUT2D eigenvalue weighted by Gasteiger charge is -2.35. The zero-order valence-corrected chi connectivity index (χ0v) is 22.1. The smallest absolute Gasteiger partial charge is 0.410 e. The Kier molecular flexibility index (Phi) is 7.28. The second-order valence-corrected chi connectivity index (χ2v) is 10.8. The fourth-order valence-corrected chi connectivity index (χ4v) is 4.59. The maximum absolute atomic E-state index is 12.2. The highest BCUT2D eigenvalue weighted by atomic mass is 32.1. The quantitative estimate of drug-likeness (QED) is 0.385. The minimum Gasteiger partial charge on any atom is -0.444 e. The number of carbonyl (C=O) groups excluding carboxylic acids is 1. The molecule has 0 bridgehead atoms. The molecule has 0 unspecified atom stereocenters. The number of aryl methyl sites for hydroxylation is 1. The summed E-state index contributed by atoms with van der Waals surface area (Å²) < 4.78 is 7.45. The largest absolute Gasteiger partial charge is 0.444 e. The molecule has 37 heavy (non-hydrogen) atoms. The van der Waals surface area contributed by atoms with Crippen LogP contribution in [-0.2, 0) is 11.3 Å². The standard InChI is InChI=1S/C25H31N9O2S/c1-25(2,3)36-24(35)33-11-9-32(10-12-33)7-4-8-34-16-19(15-28-34)18-13-21-20(26-14-18)5-6-22(29-21)30-23-31-27-17-37-23/h5-6,13-17H,4,7-12H2,1-3H3,(H,29,30,31). The van der Waals surface area contributed by atoms with E-state index in [1.165, 1.54) is 11.3 Å². The molecule has 5 rings (SSSR count). The van der Waals surface area contributed by atoms with Crippen molar-refractivity contribution >= 4 is 39.4 Å². The number of carbonyl (C=O) groups is 1. The van der Waals surface area contributed by atoms with Crippen molar-refractivity contribution in [1.29, 1.82) is 0 Å². The molecule has 0 aromatic carbocycles. The van der Waals surface area contributed by atoms with Gasteiger partial charge in [-0.15, -0.1) is 10.2 Å². The third kappa shape index (κ3) is 6.57. The van der Waals surface area contributed by atoms with Gasteiger partial charge in [0.05, 0.1) is 17.2 Å². The number of pyridine rings is 2. The number of nitrogens with one attached hydrogen (secondary N) is 1. The molecule has 1 aliphatic heterocycles. The topological polar surface area (TPSA) is 114 Å². The van der Waals surface area contributed by atoms with Crippen LogP contribution in [0.25, 0.3) is 22.2 Å². The summed E-state index contributed by atoms with van der Waals surface area (Å²) in [5.74, 6) is 0.700. The number of fused-ring (bicyclic) bond motifs is 1. The maximum Gasteiger partial charge on any atom is 0.410 e. The van der Waals surface area contributed by atoms with E-state index in [1.54, 1.807) is 10.4 Å². The van der Waals surface area contributed by atoms with E-state index in [4.69, 9.17) is 4.74 Å². The molecule has 1 N–H and O–H groups in total. The Hall–Kier alpha value is -3.64. The molecule has 1 aliphatic rings. The SMILES string of the molecule is CC(C)(C)OC(=O)N1CCN(CCCn2cc(-c3cnc4ccc(Nc5nncs5)nc4c3)cn2)CC1. The second kappa shape index (κ2) is 10.8. The summed E-state index contributed by atoms with van der Waals surface area (Å²) in [6.07, 6.45) is 6.52. The lowest BCUT2D eigenvalue weighted by molar-refractivity contribution is 0.0143. The number of hydrogen-bond acceptors (Lipinski definition) is 10. The molecule has 0 aliphatic carbocycles. The molecule has 0 saturated carbocycles. The molecule has 1 amide bonds. The number of amides is 1. The minimum atomic E-state index is -0.462. The van der Waals surface area contributed by atoms with Crippen molar-refractivity contribution in [3.8, 4) is 11.1 Å². The predicted octanol–water partition coefficient (Wildman–Crippen LogP) is 4.03. The first-order valence-electron chi connectivity index (χ1n) is 12.4. The van der Waals surface area contributed by atoms with Crippen LogP contribution in [0.3, 0.4) is 0 Å². The van der Waals surface area contributed by atoms with Gasteiger partial charge in [-0.1, -0.05) is 11.3 Å². The third-order valence-corrected chi connectivity index (χ3v) is 6.59. The second-order valence-electron chi connectivity index (χ2n) is 9.98. The zero-order valence-electron chi connectivity index (χ0n) is 21.3. The molecule has 0 atom stereocenters. The van der Waals surface area contributed by atoms with E-state index in [-0.39, 0.29) is 6.09 Å². The highest BCUT2D eigenvalue weighted by Crippen LogP contribution is 2.24. The van der Waals surface area contributed by atoms with Crippen LogP contribution in [0.15, 0.2) is 42.3 Å². The molecule has 0 radical (unpaired) electrons. The van der Waals surface area contributed by atoms with E-state index < -0.39 is 5.60 Å². The van der Waals surface area contributed by atoms with Crippen molar-refractivity contribution in [2.24, 2.45) is 0 Å². The first-order valence-corrected chi connectivity index (χ1v) is 13.2. The molecule has 5 heterocycles. The summed E-state index contributed by atoms with van der Waals surface area (Å²) in [5, 5.41) is 16.3. The molecule has 194 valence electrons. The zero-order chi connectivity index (χ0) is 25.8. The van der Waals surface area contributed by atoms with Crippen LogP contribution in [-0.4, -0.2) is 84.2 Å². The Morgan fingerprint density at radius 3 is 2.68 bits per heavy atom. The van der Waals surface area contributed by atoms with Gasteiger partial charge in [0.2, 0.25) is 5.13 Å². The van der Waals surface area contributed by atoms with E-state index in [2.05, 4.69) is 35.5 Å². The lowest BCUT2D eigenvalue weighted by Crippen LogP contribution is -2.50. The van der Waals surface area contributed by atoms with Crippen LogP contribution < -0.4 is 5.32 Å². The average molecular weight is 522 g/mol. The van der Waals surface area contributed by atoms with Gasteiger partial charge in [-0.05, 0) is 45.4 Å². The molecule has 11 nitrogen and oxygen atoms in total. The summed E-state index contributed by atoms with van der Waals surface area (Å²) in [6.45, 7) is 10.6. The predicted molar refractivity (Wildman–Crippen MR) is 143 cm³/mol. The van der Waals surface area contributed by atoms with Gasteiger partial charge in [0.1, 0.15) is 16.9 Å². The molecule has 4 aromatic rings. The summed E-state index contributed by atoms with van der Waals surface area (Å²) >= 11 is 1.42. The van der Waals surface area contributed by atoms with Crippen molar-refractivity contribution in [3.63, 3.8) is 0 Å². The van der Waals surface area contributed by atoms with E-state index in [0.717, 1.165) is 54.8 Å². The fraction of sp³-hybridized carbons (Fsp3) is 0.440. The Bertz CT molecular complexity index is 1340. The minimum absolute atomic E-state index is 0.223. The Balaban J connectivity index is 1.13. The maximum atomic E-state index is 12.2. The van der Waals surface area contributed by atoms with E-state index in [0.29, 0.717) is 24.0 Å². The number of rotatable bonds is 7. The molecule has 1 saturated heterocycles. The van der Waals surface area contributed by atoms with Crippen LogP contribution in [0.5, 0.6) is 0 Å². The van der Waals surface area contributed by atoms with Crippen molar-refractivity contribution in [2.75, 3.05) is 38.0 Å². The number of piperazine rings is 1. The summed E-state index contributed by atoms with van der Waals surface area (Å²) in [6, 6.07) is 5.84. The molecular weight excluding hydrogens is 490 g/mol. The Morgan fingerprint density at radius 2 is 1.92 bits per heavy atom. The monoisotopic (exact) mass is 521 g/mol.